The quantitative estimate of drug-likeness (QED) is 0.683. The van der Waals surface area contributed by atoms with Crippen LogP contribution in [0, 0.1) is 13.8 Å². The predicted octanol–water partition coefficient (Wildman–Crippen LogP) is 3.07. The zero-order valence-electron chi connectivity index (χ0n) is 17.7. The highest BCUT2D eigenvalue weighted by Crippen LogP contribution is 2.26. The first-order valence-electron chi connectivity index (χ1n) is 10.5. The Balaban J connectivity index is 1.36. The Hall–Kier alpha value is -3.29. The van der Waals surface area contributed by atoms with Gasteiger partial charge in [-0.05, 0) is 38.3 Å². The molecule has 3 heterocycles. The summed E-state index contributed by atoms with van der Waals surface area (Å²) in [5.74, 6) is 0.759. The van der Waals surface area contributed by atoms with E-state index in [4.69, 9.17) is 13.9 Å². The van der Waals surface area contributed by atoms with E-state index in [-0.39, 0.29) is 25.2 Å². The van der Waals surface area contributed by atoms with Crippen LogP contribution in [0.25, 0.3) is 0 Å². The van der Waals surface area contributed by atoms with Gasteiger partial charge in [0.05, 0.1) is 5.56 Å². The van der Waals surface area contributed by atoms with E-state index in [9.17, 15) is 14.4 Å². The molecule has 1 aromatic heterocycles. The van der Waals surface area contributed by atoms with Crippen molar-refractivity contribution in [1.82, 2.24) is 9.80 Å². The van der Waals surface area contributed by atoms with Gasteiger partial charge in [0, 0.05) is 19.1 Å². The van der Waals surface area contributed by atoms with E-state index in [1.807, 2.05) is 37.3 Å². The molecule has 8 heteroatoms. The van der Waals surface area contributed by atoms with Crippen molar-refractivity contribution < 1.29 is 28.3 Å². The zero-order chi connectivity index (χ0) is 22.0. The topological polar surface area (TPSA) is 89.3 Å². The molecule has 2 fully saturated rings. The molecule has 2 aliphatic heterocycles. The highest BCUT2D eigenvalue weighted by Gasteiger charge is 2.44. The van der Waals surface area contributed by atoms with Crippen LogP contribution in [0.4, 0.5) is 4.79 Å². The molecular formula is C23H26N2O6. The van der Waals surface area contributed by atoms with Crippen molar-refractivity contribution in [2.75, 3.05) is 19.7 Å². The summed E-state index contributed by atoms with van der Waals surface area (Å²) in [7, 11) is 0. The monoisotopic (exact) mass is 426 g/mol. The van der Waals surface area contributed by atoms with Crippen molar-refractivity contribution >= 4 is 18.0 Å². The lowest BCUT2D eigenvalue weighted by Crippen LogP contribution is -2.52. The number of esters is 1. The average molecular weight is 426 g/mol. The molecule has 4 rings (SSSR count). The number of nitrogens with zero attached hydrogens (tertiary/aromatic N) is 2. The van der Waals surface area contributed by atoms with Crippen LogP contribution >= 0.6 is 0 Å². The Morgan fingerprint density at radius 2 is 1.84 bits per heavy atom. The Kier molecular flexibility index (Phi) is 5.97. The molecule has 8 nitrogen and oxygen atoms in total. The first-order valence-corrected chi connectivity index (χ1v) is 10.5. The van der Waals surface area contributed by atoms with Gasteiger partial charge in [0.25, 0.3) is 5.91 Å². The molecule has 0 radical (unpaired) electrons. The molecule has 0 aliphatic carbocycles. The third-order valence-corrected chi connectivity index (χ3v) is 5.82. The fraction of sp³-hybridized carbons (Fsp3) is 0.435. The van der Waals surface area contributed by atoms with E-state index >= 15 is 0 Å². The van der Waals surface area contributed by atoms with Crippen molar-refractivity contribution in [3.8, 4) is 0 Å². The number of likely N-dealkylation sites (tertiary alicyclic amines) is 1. The summed E-state index contributed by atoms with van der Waals surface area (Å²) in [6.07, 6.45) is 0.631. The van der Waals surface area contributed by atoms with Crippen molar-refractivity contribution in [3.05, 3.63) is 59.0 Å². The number of cyclic esters (lactones) is 1. The number of carbonyl (C=O) groups is 3. The van der Waals surface area contributed by atoms with E-state index in [1.165, 1.54) is 4.90 Å². The van der Waals surface area contributed by atoms with Gasteiger partial charge in [0.15, 0.2) is 6.04 Å². The summed E-state index contributed by atoms with van der Waals surface area (Å²) in [5, 5.41) is 0. The molecule has 2 saturated heterocycles. The van der Waals surface area contributed by atoms with Gasteiger partial charge in [-0.15, -0.1) is 0 Å². The second-order valence-electron chi connectivity index (χ2n) is 7.94. The molecule has 0 saturated carbocycles. The summed E-state index contributed by atoms with van der Waals surface area (Å²) in [6.45, 7) is 4.70. The molecule has 1 aromatic carbocycles. The Bertz CT molecular complexity index is 962. The van der Waals surface area contributed by atoms with Crippen LogP contribution in [0.5, 0.6) is 0 Å². The van der Waals surface area contributed by atoms with Crippen LogP contribution in [0.1, 0.15) is 40.3 Å². The van der Waals surface area contributed by atoms with E-state index < -0.39 is 18.1 Å². The lowest BCUT2D eigenvalue weighted by Gasteiger charge is -2.37. The van der Waals surface area contributed by atoms with Gasteiger partial charge in [-0.2, -0.15) is 0 Å². The Labute approximate surface area is 180 Å². The molecule has 0 spiro atoms. The van der Waals surface area contributed by atoms with Gasteiger partial charge in [-0.1, -0.05) is 30.3 Å². The third-order valence-electron chi connectivity index (χ3n) is 5.82. The summed E-state index contributed by atoms with van der Waals surface area (Å²) < 4.78 is 16.1. The Morgan fingerprint density at radius 1 is 1.13 bits per heavy atom. The minimum atomic E-state index is -0.762. The van der Waals surface area contributed by atoms with Gasteiger partial charge in [-0.25, -0.2) is 9.59 Å². The fourth-order valence-electron chi connectivity index (χ4n) is 4.20. The maximum Gasteiger partial charge on any atom is 0.410 e. The Morgan fingerprint density at radius 3 is 2.48 bits per heavy atom. The predicted molar refractivity (Wildman–Crippen MR) is 110 cm³/mol. The van der Waals surface area contributed by atoms with Crippen LogP contribution in [0.2, 0.25) is 0 Å². The summed E-state index contributed by atoms with van der Waals surface area (Å²) >= 11 is 0. The largest absolute Gasteiger partial charge is 0.466 e. The lowest BCUT2D eigenvalue weighted by atomic mass is 10.0. The molecule has 1 atom stereocenters. The van der Waals surface area contributed by atoms with E-state index in [0.717, 1.165) is 5.56 Å². The normalized spacial score (nSPS) is 19.4. The lowest BCUT2D eigenvalue weighted by molar-refractivity contribution is -0.150. The van der Waals surface area contributed by atoms with Gasteiger partial charge < -0.3 is 18.8 Å². The van der Waals surface area contributed by atoms with Gasteiger partial charge >= 0.3 is 12.1 Å². The average Bonchev–Trinajstić information content (AvgIpc) is 3.33. The molecule has 0 bridgehead atoms. The second-order valence-corrected chi connectivity index (χ2v) is 7.94. The number of benzene rings is 1. The van der Waals surface area contributed by atoms with Crippen LogP contribution in [-0.2, 0) is 20.9 Å². The number of carbonyl (C=O) groups excluding carboxylic acids is 3. The molecule has 0 N–H and O–H groups in total. The number of hydrogen-bond donors (Lipinski definition) is 0. The SMILES string of the molecule is Cc1cc(C(=O)N2CCC(N3C(=O)OCC3C(=O)OCc3ccccc3)CC2)c(C)o1. The molecule has 31 heavy (non-hydrogen) atoms. The number of piperidine rings is 1. The van der Waals surface area contributed by atoms with Crippen LogP contribution in [0.15, 0.2) is 40.8 Å². The van der Waals surface area contributed by atoms with Crippen LogP contribution in [0.3, 0.4) is 0 Å². The van der Waals surface area contributed by atoms with Gasteiger partial charge in [0.1, 0.15) is 24.7 Å². The summed E-state index contributed by atoms with van der Waals surface area (Å²) in [6, 6.07) is 10.2. The minimum absolute atomic E-state index is 0.0148. The highest BCUT2D eigenvalue weighted by molar-refractivity contribution is 5.95. The number of ether oxygens (including phenoxy) is 2. The number of hydrogen-bond acceptors (Lipinski definition) is 6. The van der Waals surface area contributed by atoms with Gasteiger partial charge in [0.2, 0.25) is 0 Å². The molecule has 2 aromatic rings. The molecule has 1 unspecified atom stereocenters. The summed E-state index contributed by atoms with van der Waals surface area (Å²) in [5.41, 5.74) is 1.45. The van der Waals surface area contributed by atoms with Crippen LogP contribution < -0.4 is 0 Å². The molecule has 164 valence electrons. The van der Waals surface area contributed by atoms with E-state index in [2.05, 4.69) is 0 Å². The van der Waals surface area contributed by atoms with Crippen molar-refractivity contribution in [1.29, 1.82) is 0 Å². The first kappa shape index (κ1) is 21.0. The van der Waals surface area contributed by atoms with Crippen molar-refractivity contribution in [2.45, 2.75) is 45.4 Å². The third kappa shape index (κ3) is 4.42. The smallest absolute Gasteiger partial charge is 0.410 e. The van der Waals surface area contributed by atoms with E-state index in [0.29, 0.717) is 43.0 Å². The van der Waals surface area contributed by atoms with Crippen LogP contribution in [-0.4, -0.2) is 59.5 Å². The second kappa shape index (κ2) is 8.83. The molecule has 2 aliphatic rings. The minimum Gasteiger partial charge on any atom is -0.466 e. The number of rotatable bonds is 5. The number of amides is 2. The maximum absolute atomic E-state index is 12.8. The first-order chi connectivity index (χ1) is 14.9. The van der Waals surface area contributed by atoms with E-state index in [1.54, 1.807) is 17.9 Å². The van der Waals surface area contributed by atoms with Crippen molar-refractivity contribution in [2.24, 2.45) is 0 Å². The highest BCUT2D eigenvalue weighted by atomic mass is 16.6. The molecular weight excluding hydrogens is 400 g/mol. The molecule has 2 amide bonds. The summed E-state index contributed by atoms with van der Waals surface area (Å²) in [4.78, 5) is 41.0. The van der Waals surface area contributed by atoms with Gasteiger partial charge in [-0.3, -0.25) is 9.69 Å². The number of aryl methyl sites for hydroxylation is 2. The standard InChI is InChI=1S/C23H26N2O6/c1-15-12-19(16(2)31-15)21(26)24-10-8-18(9-11-24)25-20(14-30-23(25)28)22(27)29-13-17-6-4-3-5-7-17/h3-7,12,18,20H,8-11,13-14H2,1-2H3. The fourth-order valence-corrected chi connectivity index (χ4v) is 4.20. The number of furan rings is 1. The maximum atomic E-state index is 12.8. The zero-order valence-corrected chi connectivity index (χ0v) is 17.7. The van der Waals surface area contributed by atoms with Crippen molar-refractivity contribution in [3.63, 3.8) is 0 Å².